The second-order valence-electron chi connectivity index (χ2n) is 6.32. The maximum absolute atomic E-state index is 13.0. The second-order valence-corrected chi connectivity index (χ2v) is 6.76. The van der Waals surface area contributed by atoms with Crippen LogP contribution in [-0.4, -0.2) is 27.3 Å². The minimum atomic E-state index is -0.331. The summed E-state index contributed by atoms with van der Waals surface area (Å²) in [5, 5.41) is 0.929. The van der Waals surface area contributed by atoms with Gasteiger partial charge in [-0.2, -0.15) is 0 Å². The number of aromatic amines is 1. The molecule has 0 fully saturated rings. The van der Waals surface area contributed by atoms with E-state index in [-0.39, 0.29) is 23.8 Å². The first-order valence-corrected chi connectivity index (χ1v) is 9.25. The van der Waals surface area contributed by atoms with Crippen molar-refractivity contribution < 1.29 is 9.18 Å². The van der Waals surface area contributed by atoms with Gasteiger partial charge in [0.05, 0.1) is 17.4 Å². The molecule has 0 saturated carbocycles. The number of halogens is 2. The molecule has 5 nitrogen and oxygen atoms in total. The Morgan fingerprint density at radius 3 is 2.71 bits per heavy atom. The van der Waals surface area contributed by atoms with Crippen LogP contribution in [0.1, 0.15) is 24.7 Å². The van der Waals surface area contributed by atoms with Crippen molar-refractivity contribution in [1.29, 1.82) is 0 Å². The Morgan fingerprint density at radius 1 is 1.25 bits per heavy atom. The molecule has 0 saturated heterocycles. The molecule has 2 aromatic carbocycles. The van der Waals surface area contributed by atoms with Crippen LogP contribution in [0.5, 0.6) is 0 Å². The van der Waals surface area contributed by atoms with Gasteiger partial charge in [0.25, 0.3) is 5.56 Å². The quantitative estimate of drug-likeness (QED) is 0.633. The Morgan fingerprint density at radius 2 is 2.00 bits per heavy atom. The van der Waals surface area contributed by atoms with Crippen molar-refractivity contribution in [3.05, 3.63) is 81.1 Å². The van der Waals surface area contributed by atoms with Gasteiger partial charge in [-0.3, -0.25) is 9.59 Å². The Hall–Kier alpha value is -2.99. The molecule has 0 aliphatic heterocycles. The van der Waals surface area contributed by atoms with Crippen LogP contribution >= 0.6 is 11.6 Å². The standard InChI is InChI=1S/C21H19ClFN3O2/c1-2-11-26(20(27)10-5-14-3-7-16(23)8-4-14)13-19-24-18-12-15(22)6-9-17(18)21(28)25-19/h3-10,12H,2,11,13H2,1H3,(H,24,25,28)/b10-5+. The van der Waals surface area contributed by atoms with E-state index in [4.69, 9.17) is 11.6 Å². The van der Waals surface area contributed by atoms with E-state index in [1.807, 2.05) is 6.92 Å². The number of hydrogen-bond donors (Lipinski definition) is 1. The number of fused-ring (bicyclic) bond motifs is 1. The fourth-order valence-corrected chi connectivity index (χ4v) is 2.97. The average Bonchev–Trinajstić information content (AvgIpc) is 2.66. The summed E-state index contributed by atoms with van der Waals surface area (Å²) in [4.78, 5) is 33.6. The number of nitrogens with zero attached hydrogens (tertiary/aromatic N) is 2. The smallest absolute Gasteiger partial charge is 0.258 e. The van der Waals surface area contributed by atoms with Crippen LogP contribution < -0.4 is 5.56 Å². The summed E-state index contributed by atoms with van der Waals surface area (Å²) in [6.45, 7) is 2.63. The van der Waals surface area contributed by atoms with E-state index in [0.717, 1.165) is 12.0 Å². The van der Waals surface area contributed by atoms with E-state index in [1.54, 1.807) is 41.3 Å². The summed E-state index contributed by atoms with van der Waals surface area (Å²) in [5.74, 6) is -0.167. The summed E-state index contributed by atoms with van der Waals surface area (Å²) in [7, 11) is 0. The van der Waals surface area contributed by atoms with Gasteiger partial charge in [0.15, 0.2) is 0 Å². The van der Waals surface area contributed by atoms with Crippen molar-refractivity contribution in [2.75, 3.05) is 6.54 Å². The molecule has 3 aromatic rings. The van der Waals surface area contributed by atoms with E-state index in [9.17, 15) is 14.0 Å². The van der Waals surface area contributed by atoms with Gasteiger partial charge in [-0.1, -0.05) is 30.7 Å². The zero-order chi connectivity index (χ0) is 20.1. The number of nitrogens with one attached hydrogen (secondary N) is 1. The van der Waals surface area contributed by atoms with Gasteiger partial charge in [-0.15, -0.1) is 0 Å². The third-order valence-electron chi connectivity index (χ3n) is 4.15. The Bertz CT molecular complexity index is 1080. The summed E-state index contributed by atoms with van der Waals surface area (Å²) in [6, 6.07) is 10.7. The molecule has 1 aromatic heterocycles. The molecule has 3 rings (SSSR count). The van der Waals surface area contributed by atoms with Crippen molar-refractivity contribution in [2.24, 2.45) is 0 Å². The molecular weight excluding hydrogens is 381 g/mol. The highest BCUT2D eigenvalue weighted by Crippen LogP contribution is 2.15. The molecule has 144 valence electrons. The average molecular weight is 400 g/mol. The number of hydrogen-bond acceptors (Lipinski definition) is 3. The first-order valence-electron chi connectivity index (χ1n) is 8.87. The minimum absolute atomic E-state index is 0.165. The highest BCUT2D eigenvalue weighted by Gasteiger charge is 2.13. The third-order valence-corrected chi connectivity index (χ3v) is 4.39. The van der Waals surface area contributed by atoms with Crippen molar-refractivity contribution >= 4 is 34.5 Å². The first-order chi connectivity index (χ1) is 13.5. The van der Waals surface area contributed by atoms with Gasteiger partial charge in [-0.25, -0.2) is 9.37 Å². The molecule has 0 atom stereocenters. The molecule has 28 heavy (non-hydrogen) atoms. The van der Waals surface area contributed by atoms with E-state index in [0.29, 0.717) is 28.3 Å². The number of H-pyrrole nitrogens is 1. The van der Waals surface area contributed by atoms with E-state index < -0.39 is 0 Å². The van der Waals surface area contributed by atoms with Crippen molar-refractivity contribution in [3.63, 3.8) is 0 Å². The normalized spacial score (nSPS) is 11.2. The van der Waals surface area contributed by atoms with Crippen molar-refractivity contribution in [3.8, 4) is 0 Å². The van der Waals surface area contributed by atoms with Crippen LogP contribution in [0, 0.1) is 5.82 Å². The second kappa shape index (κ2) is 8.80. The van der Waals surface area contributed by atoms with Gasteiger partial charge >= 0.3 is 0 Å². The van der Waals surface area contributed by atoms with E-state index in [2.05, 4.69) is 9.97 Å². The summed E-state index contributed by atoms with van der Waals surface area (Å²) in [5.41, 5.74) is 0.928. The fourth-order valence-electron chi connectivity index (χ4n) is 2.80. The molecule has 0 unspecified atom stereocenters. The van der Waals surface area contributed by atoms with Crippen molar-refractivity contribution in [2.45, 2.75) is 19.9 Å². The SMILES string of the molecule is CCCN(Cc1nc2cc(Cl)ccc2c(=O)[nH]1)C(=O)/C=C/c1ccc(F)cc1. The number of carbonyl (C=O) groups is 1. The predicted octanol–water partition coefficient (Wildman–Crippen LogP) is 4.17. The van der Waals surface area contributed by atoms with Crippen LogP contribution in [0.3, 0.4) is 0 Å². The maximum atomic E-state index is 13.0. The molecular formula is C21H19ClFN3O2. The lowest BCUT2D eigenvalue weighted by Crippen LogP contribution is -2.31. The zero-order valence-electron chi connectivity index (χ0n) is 15.3. The number of aromatic nitrogens is 2. The van der Waals surface area contributed by atoms with Crippen LogP contribution in [0.25, 0.3) is 17.0 Å². The molecule has 0 radical (unpaired) electrons. The van der Waals surface area contributed by atoms with Gasteiger partial charge < -0.3 is 9.88 Å². The zero-order valence-corrected chi connectivity index (χ0v) is 16.0. The molecule has 0 spiro atoms. The summed E-state index contributed by atoms with van der Waals surface area (Å²) < 4.78 is 13.0. The minimum Gasteiger partial charge on any atom is -0.332 e. The van der Waals surface area contributed by atoms with Crippen LogP contribution in [0.4, 0.5) is 4.39 Å². The van der Waals surface area contributed by atoms with Crippen LogP contribution in [0.2, 0.25) is 5.02 Å². The molecule has 7 heteroatoms. The Labute approximate surface area is 166 Å². The lowest BCUT2D eigenvalue weighted by Gasteiger charge is -2.20. The molecule has 0 aliphatic rings. The van der Waals surface area contributed by atoms with Crippen molar-refractivity contribution in [1.82, 2.24) is 14.9 Å². The first kappa shape index (κ1) is 19.8. The highest BCUT2D eigenvalue weighted by molar-refractivity contribution is 6.31. The largest absolute Gasteiger partial charge is 0.332 e. The summed E-state index contributed by atoms with van der Waals surface area (Å²) in [6.07, 6.45) is 3.81. The van der Waals surface area contributed by atoms with Gasteiger partial charge in [0.2, 0.25) is 5.91 Å². The Kier molecular flexibility index (Phi) is 6.21. The number of carbonyl (C=O) groups excluding carboxylic acids is 1. The number of amides is 1. The lowest BCUT2D eigenvalue weighted by atomic mass is 10.2. The van der Waals surface area contributed by atoms with Gasteiger partial charge in [-0.05, 0) is 48.4 Å². The number of benzene rings is 2. The number of rotatable bonds is 6. The molecule has 1 heterocycles. The maximum Gasteiger partial charge on any atom is 0.258 e. The van der Waals surface area contributed by atoms with Crippen LogP contribution in [0.15, 0.2) is 53.3 Å². The topological polar surface area (TPSA) is 66.1 Å². The molecule has 1 N–H and O–H groups in total. The molecule has 0 aliphatic carbocycles. The molecule has 1 amide bonds. The van der Waals surface area contributed by atoms with Gasteiger partial charge in [0.1, 0.15) is 11.6 Å². The third kappa shape index (κ3) is 4.84. The fraction of sp³-hybridized carbons (Fsp3) is 0.190. The summed E-state index contributed by atoms with van der Waals surface area (Å²) >= 11 is 5.99. The van der Waals surface area contributed by atoms with Gasteiger partial charge in [0, 0.05) is 17.6 Å². The highest BCUT2D eigenvalue weighted by atomic mass is 35.5. The monoisotopic (exact) mass is 399 g/mol. The lowest BCUT2D eigenvalue weighted by molar-refractivity contribution is -0.126. The van der Waals surface area contributed by atoms with E-state index in [1.165, 1.54) is 18.2 Å². The molecule has 0 bridgehead atoms. The Balaban J connectivity index is 1.82. The predicted molar refractivity (Wildman–Crippen MR) is 109 cm³/mol. The van der Waals surface area contributed by atoms with Crippen LogP contribution in [-0.2, 0) is 11.3 Å². The van der Waals surface area contributed by atoms with E-state index >= 15 is 0 Å².